The number of cyclic esters (lactones) is 1. The number of anilines is 2. The molecule has 0 spiro atoms. The minimum atomic E-state index is -0.399. The molecular formula is C21H20N4O2. The zero-order chi connectivity index (χ0) is 18.6. The zero-order valence-electron chi connectivity index (χ0n) is 14.9. The molecule has 6 heteroatoms. The van der Waals surface area contributed by atoms with Crippen molar-refractivity contribution >= 4 is 17.9 Å². The lowest BCUT2D eigenvalue weighted by molar-refractivity contribution is 0.179. The first-order chi connectivity index (χ1) is 13.2. The maximum absolute atomic E-state index is 12.3. The number of nitrogens with zero attached hydrogens (tertiary/aromatic N) is 3. The van der Waals surface area contributed by atoms with E-state index in [9.17, 15) is 4.79 Å². The Kier molecular flexibility index (Phi) is 4.70. The molecule has 0 radical (unpaired) electrons. The molecule has 4 rings (SSSR count). The minimum absolute atomic E-state index is 0.0388. The highest BCUT2D eigenvalue weighted by atomic mass is 16.6. The van der Waals surface area contributed by atoms with E-state index in [1.165, 1.54) is 0 Å². The topological polar surface area (TPSA) is 67.4 Å². The Hall–Kier alpha value is -3.41. The SMILES string of the molecule is C[C@@H](Nc1nccc(N2C(=O)OC[C@H]2c2ccccc2)n1)c1ccccc1. The highest BCUT2D eigenvalue weighted by molar-refractivity contribution is 5.89. The summed E-state index contributed by atoms with van der Waals surface area (Å²) < 4.78 is 5.28. The predicted molar refractivity (Wildman–Crippen MR) is 104 cm³/mol. The Balaban J connectivity index is 1.58. The second kappa shape index (κ2) is 7.45. The van der Waals surface area contributed by atoms with Crippen LogP contribution in [0.1, 0.15) is 30.1 Å². The van der Waals surface area contributed by atoms with Gasteiger partial charge in [0.2, 0.25) is 5.95 Å². The van der Waals surface area contributed by atoms with Crippen molar-refractivity contribution in [1.82, 2.24) is 9.97 Å². The number of nitrogens with one attached hydrogen (secondary N) is 1. The van der Waals surface area contributed by atoms with Crippen molar-refractivity contribution in [2.45, 2.75) is 19.0 Å². The molecule has 2 aromatic carbocycles. The second-order valence-corrected chi connectivity index (χ2v) is 6.39. The van der Waals surface area contributed by atoms with E-state index < -0.39 is 6.09 Å². The first kappa shape index (κ1) is 17.0. The van der Waals surface area contributed by atoms with Crippen molar-refractivity contribution in [3.8, 4) is 0 Å². The van der Waals surface area contributed by atoms with Crippen molar-refractivity contribution in [3.63, 3.8) is 0 Å². The van der Waals surface area contributed by atoms with Gasteiger partial charge in [0.1, 0.15) is 18.5 Å². The molecule has 1 fully saturated rings. The Labute approximate surface area is 157 Å². The fourth-order valence-corrected chi connectivity index (χ4v) is 3.17. The van der Waals surface area contributed by atoms with Crippen LogP contribution in [0.3, 0.4) is 0 Å². The number of hydrogen-bond donors (Lipinski definition) is 1. The number of carbonyl (C=O) groups is 1. The van der Waals surface area contributed by atoms with E-state index in [1.807, 2.05) is 67.6 Å². The molecule has 1 aliphatic rings. The summed E-state index contributed by atoms with van der Waals surface area (Å²) in [4.78, 5) is 22.8. The largest absolute Gasteiger partial charge is 0.447 e. The maximum Gasteiger partial charge on any atom is 0.416 e. The number of ether oxygens (including phenoxy) is 1. The van der Waals surface area contributed by atoms with Crippen LogP contribution in [0.15, 0.2) is 72.9 Å². The van der Waals surface area contributed by atoms with Gasteiger partial charge in [-0.3, -0.25) is 4.90 Å². The Morgan fingerprint density at radius 3 is 2.52 bits per heavy atom. The third kappa shape index (κ3) is 3.60. The first-order valence-electron chi connectivity index (χ1n) is 8.88. The van der Waals surface area contributed by atoms with Gasteiger partial charge in [0, 0.05) is 6.20 Å². The summed E-state index contributed by atoms with van der Waals surface area (Å²) in [7, 11) is 0. The summed E-state index contributed by atoms with van der Waals surface area (Å²) in [5.41, 5.74) is 2.14. The molecule has 1 aromatic heterocycles. The number of carbonyl (C=O) groups excluding carboxylic acids is 1. The van der Waals surface area contributed by atoms with Crippen LogP contribution in [-0.4, -0.2) is 22.7 Å². The Morgan fingerprint density at radius 2 is 1.78 bits per heavy atom. The highest BCUT2D eigenvalue weighted by Gasteiger charge is 2.36. The Bertz CT molecular complexity index is 918. The predicted octanol–water partition coefficient (Wildman–Crippen LogP) is 4.35. The van der Waals surface area contributed by atoms with Crippen molar-refractivity contribution in [1.29, 1.82) is 0 Å². The van der Waals surface area contributed by atoms with Crippen LogP contribution < -0.4 is 10.2 Å². The van der Waals surface area contributed by atoms with E-state index in [0.717, 1.165) is 11.1 Å². The van der Waals surface area contributed by atoms with Gasteiger partial charge >= 0.3 is 6.09 Å². The fraction of sp³-hybridized carbons (Fsp3) is 0.190. The van der Waals surface area contributed by atoms with E-state index in [2.05, 4.69) is 15.3 Å². The van der Waals surface area contributed by atoms with Gasteiger partial charge in [-0.05, 0) is 24.1 Å². The van der Waals surface area contributed by atoms with Gasteiger partial charge in [0.15, 0.2) is 0 Å². The molecule has 2 atom stereocenters. The van der Waals surface area contributed by atoms with Crippen molar-refractivity contribution in [2.24, 2.45) is 0 Å². The summed E-state index contributed by atoms with van der Waals surface area (Å²) in [6.45, 7) is 2.35. The van der Waals surface area contributed by atoms with Gasteiger partial charge in [-0.15, -0.1) is 0 Å². The molecule has 0 unspecified atom stereocenters. The molecule has 1 N–H and O–H groups in total. The first-order valence-corrected chi connectivity index (χ1v) is 8.88. The van der Waals surface area contributed by atoms with Gasteiger partial charge in [-0.2, -0.15) is 4.98 Å². The van der Waals surface area contributed by atoms with E-state index in [0.29, 0.717) is 18.4 Å². The van der Waals surface area contributed by atoms with E-state index in [4.69, 9.17) is 4.74 Å². The summed E-state index contributed by atoms with van der Waals surface area (Å²) in [5, 5.41) is 3.29. The number of benzene rings is 2. The molecule has 0 aliphatic carbocycles. The molecule has 0 bridgehead atoms. The molecule has 2 heterocycles. The second-order valence-electron chi connectivity index (χ2n) is 6.39. The average Bonchev–Trinajstić information content (AvgIpc) is 3.11. The lowest BCUT2D eigenvalue weighted by Gasteiger charge is -2.21. The number of amides is 1. The van der Waals surface area contributed by atoms with Crippen LogP contribution in [0.5, 0.6) is 0 Å². The molecule has 1 amide bonds. The van der Waals surface area contributed by atoms with Gasteiger partial charge in [-0.1, -0.05) is 60.7 Å². The van der Waals surface area contributed by atoms with Gasteiger partial charge in [0.05, 0.1) is 6.04 Å². The average molecular weight is 360 g/mol. The number of rotatable bonds is 5. The van der Waals surface area contributed by atoms with Crippen LogP contribution >= 0.6 is 0 Å². The summed E-state index contributed by atoms with van der Waals surface area (Å²) in [5.74, 6) is 0.986. The highest BCUT2D eigenvalue weighted by Crippen LogP contribution is 2.32. The molecule has 3 aromatic rings. The number of aromatic nitrogens is 2. The molecule has 136 valence electrons. The minimum Gasteiger partial charge on any atom is -0.447 e. The van der Waals surface area contributed by atoms with E-state index in [1.54, 1.807) is 17.2 Å². The normalized spacial score (nSPS) is 17.4. The molecule has 27 heavy (non-hydrogen) atoms. The lowest BCUT2D eigenvalue weighted by atomic mass is 10.1. The molecule has 1 saturated heterocycles. The summed E-state index contributed by atoms with van der Waals surface area (Å²) in [6.07, 6.45) is 1.25. The standard InChI is InChI=1S/C21H20N4O2/c1-15(16-8-4-2-5-9-16)23-20-22-13-12-19(24-20)25-18(14-27-21(25)26)17-10-6-3-7-11-17/h2-13,15,18H,14H2,1H3,(H,22,23,24)/t15-,18+/m1/s1. The summed E-state index contributed by atoms with van der Waals surface area (Å²) in [6, 6.07) is 21.4. The third-order valence-electron chi connectivity index (χ3n) is 4.59. The monoisotopic (exact) mass is 360 g/mol. The van der Waals surface area contributed by atoms with E-state index >= 15 is 0 Å². The molecular weight excluding hydrogens is 340 g/mol. The van der Waals surface area contributed by atoms with Gasteiger partial charge < -0.3 is 10.1 Å². The van der Waals surface area contributed by atoms with Crippen LogP contribution in [0, 0.1) is 0 Å². The molecule has 6 nitrogen and oxygen atoms in total. The quantitative estimate of drug-likeness (QED) is 0.733. The maximum atomic E-state index is 12.3. The van der Waals surface area contributed by atoms with Crippen molar-refractivity contribution in [3.05, 3.63) is 84.1 Å². The van der Waals surface area contributed by atoms with E-state index in [-0.39, 0.29) is 12.1 Å². The lowest BCUT2D eigenvalue weighted by Crippen LogP contribution is -2.28. The smallest absolute Gasteiger partial charge is 0.416 e. The molecule has 0 saturated carbocycles. The van der Waals surface area contributed by atoms with Crippen LogP contribution in [0.2, 0.25) is 0 Å². The van der Waals surface area contributed by atoms with Crippen molar-refractivity contribution in [2.75, 3.05) is 16.8 Å². The van der Waals surface area contributed by atoms with Crippen LogP contribution in [-0.2, 0) is 4.74 Å². The third-order valence-corrected chi connectivity index (χ3v) is 4.59. The van der Waals surface area contributed by atoms with Gasteiger partial charge in [0.25, 0.3) is 0 Å². The van der Waals surface area contributed by atoms with Crippen LogP contribution in [0.4, 0.5) is 16.6 Å². The van der Waals surface area contributed by atoms with Gasteiger partial charge in [-0.25, -0.2) is 9.78 Å². The zero-order valence-corrected chi connectivity index (χ0v) is 14.9. The Morgan fingerprint density at radius 1 is 1.07 bits per heavy atom. The summed E-state index contributed by atoms with van der Waals surface area (Å²) >= 11 is 0. The van der Waals surface area contributed by atoms with Crippen molar-refractivity contribution < 1.29 is 9.53 Å². The number of hydrogen-bond acceptors (Lipinski definition) is 5. The molecule has 1 aliphatic heterocycles. The fourth-order valence-electron chi connectivity index (χ4n) is 3.17. The van der Waals surface area contributed by atoms with Crippen LogP contribution in [0.25, 0.3) is 0 Å².